The number of hydrogen-bond acceptors (Lipinski definition) is 2. The summed E-state index contributed by atoms with van der Waals surface area (Å²) >= 11 is 3.44. The van der Waals surface area contributed by atoms with E-state index in [2.05, 4.69) is 26.6 Å². The topological polar surface area (TPSA) is 58.2 Å². The first-order valence-corrected chi connectivity index (χ1v) is 8.09. The van der Waals surface area contributed by atoms with Gasteiger partial charge in [-0.2, -0.15) is 0 Å². The van der Waals surface area contributed by atoms with E-state index >= 15 is 0 Å². The molecule has 0 heterocycles. The minimum atomic E-state index is -0.206. The van der Waals surface area contributed by atoms with Crippen molar-refractivity contribution in [1.82, 2.24) is 5.32 Å². The summed E-state index contributed by atoms with van der Waals surface area (Å²) in [5, 5.41) is 5.82. The molecule has 3 atom stereocenters. The molecule has 2 rings (SSSR count). The van der Waals surface area contributed by atoms with E-state index in [0.29, 0.717) is 6.42 Å². The van der Waals surface area contributed by atoms with Crippen molar-refractivity contribution in [3.63, 3.8) is 0 Å². The Morgan fingerprint density at radius 3 is 2.62 bits per heavy atom. The third-order valence-electron chi connectivity index (χ3n) is 3.85. The van der Waals surface area contributed by atoms with Gasteiger partial charge in [0.15, 0.2) is 0 Å². The lowest BCUT2D eigenvalue weighted by Crippen LogP contribution is -2.34. The summed E-state index contributed by atoms with van der Waals surface area (Å²) in [7, 11) is 0. The number of carbonyl (C=O) groups is 2. The minimum Gasteiger partial charge on any atom is -0.353 e. The lowest BCUT2D eigenvalue weighted by molar-refractivity contribution is -0.125. The summed E-state index contributed by atoms with van der Waals surface area (Å²) < 4.78 is 0.858. The highest BCUT2D eigenvalue weighted by Gasteiger charge is 2.48. The molecule has 1 fully saturated rings. The molecular weight excluding hydrogens is 332 g/mol. The molecule has 1 saturated carbocycles. The zero-order valence-corrected chi connectivity index (χ0v) is 14.2. The van der Waals surface area contributed by atoms with Crippen molar-refractivity contribution in [3.8, 4) is 0 Å². The average Bonchev–Trinajstić information content (AvgIpc) is 3.22. The Kier molecular flexibility index (Phi) is 5.04. The molecule has 0 aromatic heterocycles. The largest absolute Gasteiger partial charge is 0.353 e. The number of halogens is 1. The van der Waals surface area contributed by atoms with Crippen LogP contribution in [0.2, 0.25) is 0 Å². The number of nitrogens with one attached hydrogen (secondary N) is 2. The molecule has 2 amide bonds. The highest BCUT2D eigenvalue weighted by molar-refractivity contribution is 9.10. The maximum atomic E-state index is 12.2. The van der Waals surface area contributed by atoms with Crippen LogP contribution in [0.4, 0.5) is 5.69 Å². The highest BCUT2D eigenvalue weighted by atomic mass is 79.9. The Hall–Kier alpha value is -1.36. The van der Waals surface area contributed by atoms with E-state index < -0.39 is 0 Å². The maximum Gasteiger partial charge on any atom is 0.228 e. The maximum absolute atomic E-state index is 12.2. The Morgan fingerprint density at radius 2 is 2.00 bits per heavy atom. The van der Waals surface area contributed by atoms with E-state index in [1.165, 1.54) is 0 Å². The van der Waals surface area contributed by atoms with Crippen molar-refractivity contribution < 1.29 is 9.59 Å². The van der Waals surface area contributed by atoms with Crippen LogP contribution in [0.3, 0.4) is 0 Å². The number of anilines is 1. The van der Waals surface area contributed by atoms with Gasteiger partial charge in [0.2, 0.25) is 11.8 Å². The molecule has 3 unspecified atom stereocenters. The zero-order valence-electron chi connectivity index (χ0n) is 12.6. The van der Waals surface area contributed by atoms with Crippen LogP contribution in [0, 0.1) is 18.8 Å². The van der Waals surface area contributed by atoms with E-state index in [4.69, 9.17) is 0 Å². The number of rotatable bonds is 5. The van der Waals surface area contributed by atoms with Gasteiger partial charge in [0.1, 0.15) is 0 Å². The third kappa shape index (κ3) is 4.06. The molecule has 4 nitrogen and oxygen atoms in total. The van der Waals surface area contributed by atoms with Gasteiger partial charge in [-0.25, -0.2) is 0 Å². The van der Waals surface area contributed by atoms with E-state index in [0.717, 1.165) is 22.1 Å². The number of aryl methyl sites for hydroxylation is 1. The monoisotopic (exact) mass is 352 g/mol. The third-order valence-corrected chi connectivity index (χ3v) is 4.50. The fourth-order valence-corrected chi connectivity index (χ4v) is 2.77. The molecule has 1 aliphatic rings. The second-order valence-corrected chi connectivity index (χ2v) is 6.59. The normalized spacial score (nSPS) is 21.5. The standard InChI is InChI=1S/C16H21BrN2O2/c1-4-10(3)18-15(20)11-8-12(11)16(21)19-14-6-5-9(2)7-13(14)17/h5-7,10-12H,4,8H2,1-3H3,(H,18,20)(H,19,21). The molecular formula is C16H21BrN2O2. The van der Waals surface area contributed by atoms with E-state index in [-0.39, 0.29) is 29.7 Å². The summed E-state index contributed by atoms with van der Waals surface area (Å²) in [6.45, 7) is 5.99. The minimum absolute atomic E-state index is 0.00697. The summed E-state index contributed by atoms with van der Waals surface area (Å²) in [6, 6.07) is 5.93. The molecule has 0 spiro atoms. The Labute approximate surface area is 133 Å². The summed E-state index contributed by atoms with van der Waals surface area (Å²) in [6.07, 6.45) is 1.53. The fraction of sp³-hybridized carbons (Fsp3) is 0.500. The smallest absolute Gasteiger partial charge is 0.228 e. The molecule has 0 aliphatic heterocycles. The van der Waals surface area contributed by atoms with Gasteiger partial charge in [0.25, 0.3) is 0 Å². The first-order valence-electron chi connectivity index (χ1n) is 7.29. The van der Waals surface area contributed by atoms with Crippen molar-refractivity contribution in [2.45, 2.75) is 39.7 Å². The van der Waals surface area contributed by atoms with Gasteiger partial charge < -0.3 is 10.6 Å². The van der Waals surface area contributed by atoms with Gasteiger partial charge in [-0.1, -0.05) is 13.0 Å². The molecule has 21 heavy (non-hydrogen) atoms. The predicted octanol–water partition coefficient (Wildman–Crippen LogP) is 3.25. The van der Waals surface area contributed by atoms with Crippen LogP contribution < -0.4 is 10.6 Å². The van der Waals surface area contributed by atoms with Crippen LogP contribution in [0.15, 0.2) is 22.7 Å². The molecule has 0 saturated heterocycles. The lowest BCUT2D eigenvalue weighted by atomic mass is 10.2. The fourth-order valence-electron chi connectivity index (χ4n) is 2.17. The first kappa shape index (κ1) is 16.0. The summed E-state index contributed by atoms with van der Waals surface area (Å²) in [4.78, 5) is 24.1. The summed E-state index contributed by atoms with van der Waals surface area (Å²) in [5.74, 6) is -0.471. The van der Waals surface area contributed by atoms with Gasteiger partial charge in [-0.15, -0.1) is 0 Å². The molecule has 5 heteroatoms. The molecule has 1 aromatic rings. The van der Waals surface area contributed by atoms with Crippen molar-refractivity contribution in [1.29, 1.82) is 0 Å². The van der Waals surface area contributed by atoms with Crippen LogP contribution in [0.5, 0.6) is 0 Å². The zero-order chi connectivity index (χ0) is 15.6. The number of amides is 2. The van der Waals surface area contributed by atoms with Gasteiger partial charge >= 0.3 is 0 Å². The highest BCUT2D eigenvalue weighted by Crippen LogP contribution is 2.40. The van der Waals surface area contributed by atoms with Gasteiger partial charge in [0.05, 0.1) is 17.5 Å². The first-order chi connectivity index (χ1) is 9.92. The quantitative estimate of drug-likeness (QED) is 0.854. The van der Waals surface area contributed by atoms with Crippen LogP contribution in [0.25, 0.3) is 0 Å². The van der Waals surface area contributed by atoms with Crippen molar-refractivity contribution in [2.75, 3.05) is 5.32 Å². The van der Waals surface area contributed by atoms with Gasteiger partial charge in [-0.05, 0) is 60.3 Å². The van der Waals surface area contributed by atoms with E-state index in [1.807, 2.05) is 39.0 Å². The molecule has 1 aromatic carbocycles. The van der Waals surface area contributed by atoms with Gasteiger partial charge in [0, 0.05) is 10.5 Å². The molecule has 0 bridgehead atoms. The second kappa shape index (κ2) is 6.60. The van der Waals surface area contributed by atoms with Crippen LogP contribution in [-0.2, 0) is 9.59 Å². The van der Waals surface area contributed by atoms with Crippen LogP contribution >= 0.6 is 15.9 Å². The van der Waals surface area contributed by atoms with E-state index in [1.54, 1.807) is 0 Å². The van der Waals surface area contributed by atoms with Gasteiger partial charge in [-0.3, -0.25) is 9.59 Å². The Bertz CT molecular complexity index is 559. The molecule has 114 valence electrons. The van der Waals surface area contributed by atoms with Crippen molar-refractivity contribution in [2.24, 2.45) is 11.8 Å². The molecule has 2 N–H and O–H groups in total. The second-order valence-electron chi connectivity index (χ2n) is 5.74. The number of benzene rings is 1. The number of hydrogen-bond donors (Lipinski definition) is 2. The SMILES string of the molecule is CCC(C)NC(=O)C1CC1C(=O)Nc1ccc(C)cc1Br. The Balaban J connectivity index is 1.90. The van der Waals surface area contributed by atoms with E-state index in [9.17, 15) is 9.59 Å². The average molecular weight is 353 g/mol. The lowest BCUT2D eigenvalue weighted by Gasteiger charge is -2.11. The van der Waals surface area contributed by atoms with Crippen LogP contribution in [-0.4, -0.2) is 17.9 Å². The predicted molar refractivity (Wildman–Crippen MR) is 87.0 cm³/mol. The number of carbonyl (C=O) groups excluding carboxylic acids is 2. The van der Waals surface area contributed by atoms with Crippen LogP contribution in [0.1, 0.15) is 32.3 Å². The van der Waals surface area contributed by atoms with Crippen molar-refractivity contribution in [3.05, 3.63) is 28.2 Å². The van der Waals surface area contributed by atoms with Crippen molar-refractivity contribution >= 4 is 33.4 Å². The summed E-state index contributed by atoms with van der Waals surface area (Å²) in [5.41, 5.74) is 1.87. The Morgan fingerprint density at radius 1 is 1.33 bits per heavy atom. The molecule has 0 radical (unpaired) electrons. The molecule has 1 aliphatic carbocycles.